The van der Waals surface area contributed by atoms with Crippen LogP contribution in [0.5, 0.6) is 0 Å². The van der Waals surface area contributed by atoms with Crippen LogP contribution in [-0.4, -0.2) is 0 Å². The van der Waals surface area contributed by atoms with Gasteiger partial charge < -0.3 is 0 Å². The quantitative estimate of drug-likeness (QED) is 0.705. The first-order chi connectivity index (χ1) is 6.70. The van der Waals surface area contributed by atoms with Crippen molar-refractivity contribution in [3.05, 3.63) is 35.4 Å². The summed E-state index contributed by atoms with van der Waals surface area (Å²) in [5.41, 5.74) is 2.51. The standard InChI is InChI=1S/C13H17N/c1-4-11(9-14)13-8-6-5-7-12(13)10(2)3/h5-8,10-11H,4H2,1-3H3. The van der Waals surface area contributed by atoms with Gasteiger partial charge in [0.1, 0.15) is 0 Å². The number of hydrogen-bond acceptors (Lipinski definition) is 1. The zero-order valence-corrected chi connectivity index (χ0v) is 9.12. The fourth-order valence-electron chi connectivity index (χ4n) is 1.73. The Balaban J connectivity index is 3.13. The van der Waals surface area contributed by atoms with E-state index in [4.69, 9.17) is 5.26 Å². The third-order valence-electron chi connectivity index (χ3n) is 2.56. The number of nitrogens with zero attached hydrogens (tertiary/aromatic N) is 1. The molecule has 1 unspecified atom stereocenters. The van der Waals surface area contributed by atoms with Gasteiger partial charge in [-0.15, -0.1) is 0 Å². The molecule has 1 aromatic carbocycles. The van der Waals surface area contributed by atoms with Crippen LogP contribution in [0.4, 0.5) is 0 Å². The fraction of sp³-hybridized carbons (Fsp3) is 0.462. The number of hydrogen-bond donors (Lipinski definition) is 0. The second-order valence-corrected chi connectivity index (χ2v) is 3.87. The first-order valence-corrected chi connectivity index (χ1v) is 5.19. The Bertz CT molecular complexity index is 333. The number of nitriles is 1. The summed E-state index contributed by atoms with van der Waals surface area (Å²) in [5.74, 6) is 0.544. The van der Waals surface area contributed by atoms with E-state index < -0.39 is 0 Å². The van der Waals surface area contributed by atoms with E-state index in [1.807, 2.05) is 12.1 Å². The van der Waals surface area contributed by atoms with E-state index >= 15 is 0 Å². The van der Waals surface area contributed by atoms with Gasteiger partial charge in [0.25, 0.3) is 0 Å². The van der Waals surface area contributed by atoms with Crippen molar-refractivity contribution in [1.29, 1.82) is 5.26 Å². The molecule has 0 aliphatic heterocycles. The Morgan fingerprint density at radius 3 is 2.21 bits per heavy atom. The van der Waals surface area contributed by atoms with Gasteiger partial charge in [0, 0.05) is 0 Å². The lowest BCUT2D eigenvalue weighted by Crippen LogP contribution is -2.01. The molecular weight excluding hydrogens is 170 g/mol. The Morgan fingerprint density at radius 1 is 1.21 bits per heavy atom. The van der Waals surface area contributed by atoms with Crippen LogP contribution in [0.3, 0.4) is 0 Å². The summed E-state index contributed by atoms with van der Waals surface area (Å²) in [6.45, 7) is 6.40. The largest absolute Gasteiger partial charge is 0.198 e. The summed E-state index contributed by atoms with van der Waals surface area (Å²) in [5, 5.41) is 9.04. The molecule has 0 N–H and O–H groups in total. The average molecular weight is 187 g/mol. The first-order valence-electron chi connectivity index (χ1n) is 5.19. The van der Waals surface area contributed by atoms with Crippen LogP contribution in [0.1, 0.15) is 50.2 Å². The molecule has 0 aliphatic rings. The molecule has 0 fully saturated rings. The molecule has 0 saturated carbocycles. The van der Waals surface area contributed by atoms with Crippen LogP contribution in [0.2, 0.25) is 0 Å². The van der Waals surface area contributed by atoms with E-state index in [0.29, 0.717) is 5.92 Å². The maximum Gasteiger partial charge on any atom is 0.0712 e. The van der Waals surface area contributed by atoms with Crippen molar-refractivity contribution in [3.8, 4) is 6.07 Å². The summed E-state index contributed by atoms with van der Waals surface area (Å²) in [4.78, 5) is 0. The van der Waals surface area contributed by atoms with Gasteiger partial charge in [-0.25, -0.2) is 0 Å². The minimum Gasteiger partial charge on any atom is -0.198 e. The van der Waals surface area contributed by atoms with Crippen molar-refractivity contribution < 1.29 is 0 Å². The molecule has 0 heterocycles. The van der Waals surface area contributed by atoms with Gasteiger partial charge >= 0.3 is 0 Å². The van der Waals surface area contributed by atoms with Gasteiger partial charge in [0.2, 0.25) is 0 Å². The van der Waals surface area contributed by atoms with Crippen LogP contribution in [0.25, 0.3) is 0 Å². The molecule has 1 aromatic rings. The van der Waals surface area contributed by atoms with Crippen LogP contribution in [0, 0.1) is 11.3 Å². The van der Waals surface area contributed by atoms with Crippen molar-refractivity contribution in [2.45, 2.75) is 39.0 Å². The average Bonchev–Trinajstić information content (AvgIpc) is 2.20. The van der Waals surface area contributed by atoms with Crippen LogP contribution < -0.4 is 0 Å². The van der Waals surface area contributed by atoms with Gasteiger partial charge in [0.05, 0.1) is 12.0 Å². The molecule has 1 nitrogen and oxygen atoms in total. The lowest BCUT2D eigenvalue weighted by atomic mass is 9.88. The Hall–Kier alpha value is -1.29. The highest BCUT2D eigenvalue weighted by molar-refractivity contribution is 5.35. The number of rotatable bonds is 3. The van der Waals surface area contributed by atoms with Crippen molar-refractivity contribution in [3.63, 3.8) is 0 Å². The molecule has 74 valence electrons. The highest BCUT2D eigenvalue weighted by atomic mass is 14.3. The third-order valence-corrected chi connectivity index (χ3v) is 2.56. The molecule has 1 heteroatoms. The summed E-state index contributed by atoms with van der Waals surface area (Å²) in [6.07, 6.45) is 0.889. The van der Waals surface area contributed by atoms with Crippen molar-refractivity contribution in [1.82, 2.24) is 0 Å². The van der Waals surface area contributed by atoms with E-state index in [-0.39, 0.29) is 5.92 Å². The van der Waals surface area contributed by atoms with Gasteiger partial charge in [-0.05, 0) is 23.5 Å². The van der Waals surface area contributed by atoms with E-state index in [9.17, 15) is 0 Å². The van der Waals surface area contributed by atoms with Crippen molar-refractivity contribution in [2.24, 2.45) is 0 Å². The highest BCUT2D eigenvalue weighted by Crippen LogP contribution is 2.27. The molecule has 1 atom stereocenters. The molecule has 1 rings (SSSR count). The van der Waals surface area contributed by atoms with E-state index in [1.165, 1.54) is 11.1 Å². The summed E-state index contributed by atoms with van der Waals surface area (Å²) in [7, 11) is 0. The smallest absolute Gasteiger partial charge is 0.0712 e. The zero-order chi connectivity index (χ0) is 10.6. The van der Waals surface area contributed by atoms with E-state index in [0.717, 1.165) is 6.42 Å². The van der Waals surface area contributed by atoms with Crippen molar-refractivity contribution in [2.75, 3.05) is 0 Å². The molecule has 0 radical (unpaired) electrons. The minimum atomic E-state index is 0.0496. The maximum absolute atomic E-state index is 9.04. The van der Waals surface area contributed by atoms with Crippen molar-refractivity contribution >= 4 is 0 Å². The lowest BCUT2D eigenvalue weighted by molar-refractivity contribution is 0.771. The fourth-order valence-corrected chi connectivity index (χ4v) is 1.73. The predicted octanol–water partition coefficient (Wildman–Crippen LogP) is 3.83. The van der Waals surface area contributed by atoms with Gasteiger partial charge in [-0.2, -0.15) is 5.26 Å². The third kappa shape index (κ3) is 2.14. The van der Waals surface area contributed by atoms with Crippen LogP contribution in [0.15, 0.2) is 24.3 Å². The molecule has 14 heavy (non-hydrogen) atoms. The van der Waals surface area contributed by atoms with Gasteiger partial charge in [-0.1, -0.05) is 45.0 Å². The summed E-state index contributed by atoms with van der Waals surface area (Å²) in [6, 6.07) is 10.6. The topological polar surface area (TPSA) is 23.8 Å². The predicted molar refractivity (Wildman–Crippen MR) is 59.2 cm³/mol. The number of benzene rings is 1. The second kappa shape index (κ2) is 4.81. The van der Waals surface area contributed by atoms with E-state index in [1.54, 1.807) is 0 Å². The summed E-state index contributed by atoms with van der Waals surface area (Å²) < 4.78 is 0. The monoisotopic (exact) mass is 187 g/mol. The maximum atomic E-state index is 9.04. The molecule has 0 spiro atoms. The van der Waals surface area contributed by atoms with E-state index in [2.05, 4.69) is 39.0 Å². The minimum absolute atomic E-state index is 0.0496. The summed E-state index contributed by atoms with van der Waals surface area (Å²) >= 11 is 0. The first kappa shape index (κ1) is 10.8. The SMILES string of the molecule is CCC(C#N)c1ccccc1C(C)C. The molecule has 0 saturated heterocycles. The molecular formula is C13H17N. The normalized spacial score (nSPS) is 12.5. The highest BCUT2D eigenvalue weighted by Gasteiger charge is 2.13. The molecule has 0 aromatic heterocycles. The van der Waals surface area contributed by atoms with Gasteiger partial charge in [-0.3, -0.25) is 0 Å². The second-order valence-electron chi connectivity index (χ2n) is 3.87. The van der Waals surface area contributed by atoms with Crippen LogP contribution >= 0.6 is 0 Å². The van der Waals surface area contributed by atoms with Crippen LogP contribution in [-0.2, 0) is 0 Å². The molecule has 0 aliphatic carbocycles. The van der Waals surface area contributed by atoms with Gasteiger partial charge in [0.15, 0.2) is 0 Å². The Kier molecular flexibility index (Phi) is 3.71. The molecule has 0 amide bonds. The lowest BCUT2D eigenvalue weighted by Gasteiger charge is -2.15. The Morgan fingerprint density at radius 2 is 1.79 bits per heavy atom. The zero-order valence-electron chi connectivity index (χ0n) is 9.12. The Labute approximate surface area is 86.4 Å². The molecule has 0 bridgehead atoms.